The Morgan fingerprint density at radius 1 is 0.323 bits per heavy atom. The molecule has 0 radical (unpaired) electrons. The predicted molar refractivity (Wildman–Crippen MR) is 252 cm³/mol. The van der Waals surface area contributed by atoms with E-state index in [-0.39, 0.29) is 0 Å². The molecule has 2 heterocycles. The van der Waals surface area contributed by atoms with Gasteiger partial charge in [0.05, 0.1) is 16.4 Å². The fourth-order valence-corrected chi connectivity index (χ4v) is 10.5. The Balaban J connectivity index is 1.11. The molecule has 2 aliphatic rings. The third-order valence-electron chi connectivity index (χ3n) is 13.1. The quantitative estimate of drug-likeness (QED) is 0.174. The molecule has 0 aliphatic heterocycles. The zero-order valence-electron chi connectivity index (χ0n) is 33.6. The van der Waals surface area contributed by atoms with Crippen molar-refractivity contribution in [3.63, 3.8) is 0 Å². The molecule has 4 nitrogen and oxygen atoms in total. The molecule has 0 saturated heterocycles. The zero-order valence-corrected chi connectivity index (χ0v) is 33.6. The lowest BCUT2D eigenvalue weighted by atomic mass is 9.70. The first-order valence-electron chi connectivity index (χ1n) is 21.2. The number of para-hydroxylation sites is 1. The van der Waals surface area contributed by atoms with Crippen LogP contribution in [0.25, 0.3) is 95.0 Å². The largest absolute Gasteiger partial charge is 0.277 e. The number of aromatic nitrogens is 4. The normalized spacial score (nSPS) is 13.0. The highest BCUT2D eigenvalue weighted by Gasteiger charge is 2.52. The minimum absolute atomic E-state index is 0.484. The molecule has 0 N–H and O–H groups in total. The van der Waals surface area contributed by atoms with Crippen LogP contribution in [0.5, 0.6) is 0 Å². The maximum Gasteiger partial charge on any atom is 0.238 e. The maximum atomic E-state index is 5.45. The van der Waals surface area contributed by atoms with Gasteiger partial charge in [0.15, 0.2) is 11.6 Å². The summed E-state index contributed by atoms with van der Waals surface area (Å²) in [6.07, 6.45) is 0. The average Bonchev–Trinajstić information content (AvgIpc) is 3.96. The van der Waals surface area contributed by atoms with Gasteiger partial charge in [0.2, 0.25) is 5.95 Å². The number of nitrogens with zero attached hydrogens (tertiary/aromatic N) is 4. The van der Waals surface area contributed by atoms with E-state index in [0.717, 1.165) is 49.6 Å². The third-order valence-corrected chi connectivity index (χ3v) is 13.1. The summed E-state index contributed by atoms with van der Waals surface area (Å²) in [5.41, 5.74) is 18.3. The van der Waals surface area contributed by atoms with Crippen LogP contribution in [0.1, 0.15) is 22.3 Å². The Morgan fingerprint density at radius 2 is 0.823 bits per heavy atom. The molecule has 288 valence electrons. The highest BCUT2D eigenvalue weighted by atomic mass is 15.2. The Morgan fingerprint density at radius 3 is 1.52 bits per heavy atom. The van der Waals surface area contributed by atoms with E-state index in [2.05, 4.69) is 211 Å². The Kier molecular flexibility index (Phi) is 7.49. The fourth-order valence-electron chi connectivity index (χ4n) is 10.5. The van der Waals surface area contributed by atoms with Crippen LogP contribution in [0.2, 0.25) is 0 Å². The zero-order chi connectivity index (χ0) is 40.8. The van der Waals surface area contributed by atoms with E-state index in [1.165, 1.54) is 50.1 Å². The van der Waals surface area contributed by atoms with Crippen molar-refractivity contribution in [2.24, 2.45) is 0 Å². The number of hydrogen-bond acceptors (Lipinski definition) is 3. The molecule has 9 aromatic carbocycles. The van der Waals surface area contributed by atoms with Crippen LogP contribution in [0.4, 0.5) is 0 Å². The minimum atomic E-state index is -0.484. The lowest BCUT2D eigenvalue weighted by molar-refractivity contribution is 0.794. The highest BCUT2D eigenvalue weighted by Crippen LogP contribution is 2.64. The second-order valence-electron chi connectivity index (χ2n) is 16.3. The SMILES string of the molecule is c1ccc(-c2ccc(-c3nc(-c4cccc(-c5ccccc5)c4)nc(-n4c5ccccc5c5ccc6c(c54)-c4ccccc4C64c5ccccc5-c5ccccc54)n3)cc2)cc1. The van der Waals surface area contributed by atoms with Crippen LogP contribution < -0.4 is 0 Å². The van der Waals surface area contributed by atoms with Crippen molar-refractivity contribution in [2.75, 3.05) is 0 Å². The molecule has 2 aromatic heterocycles. The van der Waals surface area contributed by atoms with Crippen LogP contribution in [-0.4, -0.2) is 19.5 Å². The van der Waals surface area contributed by atoms with E-state index in [9.17, 15) is 0 Å². The lowest BCUT2D eigenvalue weighted by Crippen LogP contribution is -2.25. The van der Waals surface area contributed by atoms with Crippen molar-refractivity contribution in [3.8, 4) is 73.2 Å². The first-order valence-corrected chi connectivity index (χ1v) is 21.2. The van der Waals surface area contributed by atoms with Crippen molar-refractivity contribution >= 4 is 21.8 Å². The van der Waals surface area contributed by atoms with Crippen LogP contribution >= 0.6 is 0 Å². The van der Waals surface area contributed by atoms with Gasteiger partial charge in [-0.25, -0.2) is 4.98 Å². The number of benzene rings is 9. The van der Waals surface area contributed by atoms with E-state index >= 15 is 0 Å². The van der Waals surface area contributed by atoms with Crippen molar-refractivity contribution in [1.82, 2.24) is 19.5 Å². The molecular weight excluding hydrogens is 753 g/mol. The molecule has 4 heteroatoms. The number of hydrogen-bond donors (Lipinski definition) is 0. The van der Waals surface area contributed by atoms with Crippen molar-refractivity contribution in [3.05, 3.63) is 241 Å². The topological polar surface area (TPSA) is 43.6 Å². The molecule has 1 spiro atoms. The summed E-state index contributed by atoms with van der Waals surface area (Å²) in [7, 11) is 0. The van der Waals surface area contributed by atoms with Gasteiger partial charge in [-0.15, -0.1) is 0 Å². The Bertz CT molecular complexity index is 3520. The summed E-state index contributed by atoms with van der Waals surface area (Å²) in [4.78, 5) is 16.2. The van der Waals surface area contributed by atoms with Gasteiger partial charge in [0.1, 0.15) is 0 Å². The second-order valence-corrected chi connectivity index (χ2v) is 16.3. The highest BCUT2D eigenvalue weighted by molar-refractivity contribution is 6.16. The average molecular weight is 789 g/mol. The lowest BCUT2D eigenvalue weighted by Gasteiger charge is -2.30. The van der Waals surface area contributed by atoms with Gasteiger partial charge in [-0.3, -0.25) is 4.57 Å². The summed E-state index contributed by atoms with van der Waals surface area (Å²) in [6, 6.07) is 78.4. The van der Waals surface area contributed by atoms with E-state index in [0.29, 0.717) is 17.6 Å². The predicted octanol–water partition coefficient (Wildman–Crippen LogP) is 14.0. The van der Waals surface area contributed by atoms with Gasteiger partial charge < -0.3 is 0 Å². The maximum absolute atomic E-state index is 5.45. The monoisotopic (exact) mass is 788 g/mol. The van der Waals surface area contributed by atoms with Gasteiger partial charge in [-0.1, -0.05) is 206 Å². The third kappa shape index (κ3) is 4.92. The van der Waals surface area contributed by atoms with Gasteiger partial charge >= 0.3 is 0 Å². The molecule has 2 aliphatic carbocycles. The van der Waals surface area contributed by atoms with Gasteiger partial charge in [0.25, 0.3) is 0 Å². The van der Waals surface area contributed by atoms with E-state index < -0.39 is 5.41 Å². The van der Waals surface area contributed by atoms with Crippen LogP contribution in [0.15, 0.2) is 218 Å². The molecule has 0 bridgehead atoms. The summed E-state index contributed by atoms with van der Waals surface area (Å²) in [6.45, 7) is 0. The van der Waals surface area contributed by atoms with Crippen molar-refractivity contribution < 1.29 is 0 Å². The molecule has 13 rings (SSSR count). The van der Waals surface area contributed by atoms with Crippen LogP contribution in [0, 0.1) is 0 Å². The second kappa shape index (κ2) is 13.4. The van der Waals surface area contributed by atoms with E-state index in [1.54, 1.807) is 0 Å². The Labute approximate surface area is 359 Å². The van der Waals surface area contributed by atoms with E-state index in [4.69, 9.17) is 15.0 Å². The summed E-state index contributed by atoms with van der Waals surface area (Å²) in [5, 5.41) is 2.31. The van der Waals surface area contributed by atoms with Crippen molar-refractivity contribution in [1.29, 1.82) is 0 Å². The summed E-state index contributed by atoms with van der Waals surface area (Å²) in [5.74, 6) is 1.81. The summed E-state index contributed by atoms with van der Waals surface area (Å²) < 4.78 is 2.31. The molecule has 0 saturated carbocycles. The standard InChI is InChI=1S/C58H36N4/c1-3-16-37(17-4-1)39-30-32-40(33-31-39)55-59-56(42-21-15-20-41(36-42)38-18-5-2-6-19-38)61-57(60-55)62-52-29-14-10-24-45(52)46-34-35-51-53(54(46)62)47-25-9-13-28-50(47)58(51)48-26-11-7-22-43(48)44-23-8-12-27-49(44)58/h1-36H. The first-order chi connectivity index (χ1) is 30.8. The minimum Gasteiger partial charge on any atom is -0.277 e. The smallest absolute Gasteiger partial charge is 0.238 e. The van der Waals surface area contributed by atoms with Crippen molar-refractivity contribution in [2.45, 2.75) is 5.41 Å². The van der Waals surface area contributed by atoms with Gasteiger partial charge in [0, 0.05) is 27.5 Å². The molecule has 62 heavy (non-hydrogen) atoms. The fraction of sp³-hybridized carbons (Fsp3) is 0.0172. The molecular formula is C58H36N4. The Hall–Kier alpha value is -8.21. The van der Waals surface area contributed by atoms with Crippen LogP contribution in [0.3, 0.4) is 0 Å². The van der Waals surface area contributed by atoms with E-state index in [1.807, 2.05) is 12.1 Å². The number of fused-ring (bicyclic) bond motifs is 14. The van der Waals surface area contributed by atoms with Gasteiger partial charge in [-0.05, 0) is 73.3 Å². The van der Waals surface area contributed by atoms with Gasteiger partial charge in [-0.2, -0.15) is 9.97 Å². The summed E-state index contributed by atoms with van der Waals surface area (Å²) >= 11 is 0. The molecule has 0 amide bonds. The number of rotatable bonds is 5. The molecule has 0 atom stereocenters. The molecule has 0 fully saturated rings. The first kappa shape index (κ1) is 34.6. The molecule has 0 unspecified atom stereocenters. The molecule has 11 aromatic rings. The van der Waals surface area contributed by atoms with Crippen LogP contribution in [-0.2, 0) is 5.41 Å².